The number of halogens is 2. The fourth-order valence-corrected chi connectivity index (χ4v) is 5.62. The number of imidazole rings is 1. The molecule has 4 aromatic carbocycles. The molecule has 194 valence electrons. The van der Waals surface area contributed by atoms with Crippen LogP contribution in [0.4, 0.5) is 8.78 Å². The van der Waals surface area contributed by atoms with Gasteiger partial charge in [0.15, 0.2) is 5.58 Å². The standard InChI is InChI=1S/C34H24F2N3O/c1-21-20-27(35)30-26-16-17-28(36)37-33(26)40-32(30)29(21)34-38(2)18-19-39(34)31-24(22-10-5-3-6-11-22)14-9-15-25(31)23-12-7-4-8-13-23/h3-20H,1-2H3/q+1. The Bertz CT molecular complexity index is 1990. The highest BCUT2D eigenvalue weighted by atomic mass is 19.1. The molecular formula is C34H24F2N3O+. The molecule has 0 radical (unpaired) electrons. The molecule has 0 saturated heterocycles. The van der Waals surface area contributed by atoms with Crippen LogP contribution in [0.1, 0.15) is 5.56 Å². The van der Waals surface area contributed by atoms with Crippen molar-refractivity contribution < 1.29 is 17.8 Å². The second-order valence-corrected chi connectivity index (χ2v) is 9.88. The average molecular weight is 529 g/mol. The Morgan fingerprint density at radius 3 is 2.10 bits per heavy atom. The summed E-state index contributed by atoms with van der Waals surface area (Å²) in [5.41, 5.74) is 7.02. The molecule has 40 heavy (non-hydrogen) atoms. The van der Waals surface area contributed by atoms with Gasteiger partial charge in [-0.1, -0.05) is 78.9 Å². The number of nitrogens with zero attached hydrogens (tertiary/aromatic N) is 3. The van der Waals surface area contributed by atoms with Gasteiger partial charge in [-0.25, -0.2) is 8.96 Å². The maximum absolute atomic E-state index is 15.4. The predicted molar refractivity (Wildman–Crippen MR) is 153 cm³/mol. The lowest BCUT2D eigenvalue weighted by molar-refractivity contribution is -0.659. The third-order valence-corrected chi connectivity index (χ3v) is 7.40. The largest absolute Gasteiger partial charge is 0.437 e. The lowest BCUT2D eigenvalue weighted by Crippen LogP contribution is -2.29. The highest BCUT2D eigenvalue weighted by molar-refractivity contribution is 6.09. The number of aryl methyl sites for hydroxylation is 2. The maximum Gasteiger partial charge on any atom is 0.298 e. The highest BCUT2D eigenvalue weighted by Crippen LogP contribution is 2.41. The Balaban J connectivity index is 1.59. The van der Waals surface area contributed by atoms with E-state index in [-0.39, 0.29) is 11.1 Å². The third-order valence-electron chi connectivity index (χ3n) is 7.40. The van der Waals surface area contributed by atoms with Gasteiger partial charge in [0.2, 0.25) is 11.7 Å². The van der Waals surface area contributed by atoms with Crippen LogP contribution in [0.3, 0.4) is 0 Å². The smallest absolute Gasteiger partial charge is 0.298 e. The zero-order valence-electron chi connectivity index (χ0n) is 21.9. The van der Waals surface area contributed by atoms with Gasteiger partial charge in [-0.05, 0) is 41.8 Å². The summed E-state index contributed by atoms with van der Waals surface area (Å²) in [4.78, 5) is 3.90. The SMILES string of the molecule is Cc1cc(F)c2c(oc3nc(F)ccc32)c1-c1n(-c2c(-c3ccccc3)cccc2-c2ccccc2)cc[n+]1C. The third kappa shape index (κ3) is 3.72. The fourth-order valence-electron chi connectivity index (χ4n) is 5.62. The van der Waals surface area contributed by atoms with Crippen LogP contribution in [0.2, 0.25) is 0 Å². The van der Waals surface area contributed by atoms with Gasteiger partial charge in [0.05, 0.1) is 17.8 Å². The number of hydrogen-bond acceptors (Lipinski definition) is 2. The molecule has 0 fully saturated rings. The molecule has 0 unspecified atom stereocenters. The molecular weight excluding hydrogens is 504 g/mol. The van der Waals surface area contributed by atoms with E-state index in [1.807, 2.05) is 67.3 Å². The van der Waals surface area contributed by atoms with Crippen molar-refractivity contribution in [2.75, 3.05) is 0 Å². The van der Waals surface area contributed by atoms with Gasteiger partial charge >= 0.3 is 0 Å². The molecule has 6 heteroatoms. The fraction of sp³-hybridized carbons (Fsp3) is 0.0588. The lowest BCUT2D eigenvalue weighted by atomic mass is 9.95. The molecule has 0 aliphatic heterocycles. The summed E-state index contributed by atoms with van der Waals surface area (Å²) < 4.78 is 39.7. The van der Waals surface area contributed by atoms with Crippen molar-refractivity contribution in [1.29, 1.82) is 0 Å². The molecule has 7 aromatic rings. The van der Waals surface area contributed by atoms with Crippen LogP contribution in [0.5, 0.6) is 0 Å². The van der Waals surface area contributed by atoms with E-state index in [9.17, 15) is 4.39 Å². The van der Waals surface area contributed by atoms with Crippen molar-refractivity contribution in [3.8, 4) is 39.3 Å². The van der Waals surface area contributed by atoms with Gasteiger partial charge < -0.3 is 4.42 Å². The van der Waals surface area contributed by atoms with Crippen molar-refractivity contribution >= 4 is 22.1 Å². The number of aromatic nitrogens is 3. The predicted octanol–water partition coefficient (Wildman–Crippen LogP) is 8.18. The lowest BCUT2D eigenvalue weighted by Gasteiger charge is -2.15. The molecule has 4 nitrogen and oxygen atoms in total. The second kappa shape index (κ2) is 9.27. The Morgan fingerprint density at radius 1 is 0.800 bits per heavy atom. The van der Waals surface area contributed by atoms with Gasteiger partial charge in [0.1, 0.15) is 29.5 Å². The summed E-state index contributed by atoms with van der Waals surface area (Å²) >= 11 is 0. The Kier molecular flexibility index (Phi) is 5.56. The normalized spacial score (nSPS) is 11.5. The number of furan rings is 1. The van der Waals surface area contributed by atoms with Gasteiger partial charge in [-0.15, -0.1) is 0 Å². The van der Waals surface area contributed by atoms with Crippen LogP contribution < -0.4 is 4.57 Å². The maximum atomic E-state index is 15.4. The van der Waals surface area contributed by atoms with Crippen molar-refractivity contribution in [1.82, 2.24) is 9.55 Å². The number of benzene rings is 4. The van der Waals surface area contributed by atoms with Crippen LogP contribution in [-0.2, 0) is 7.05 Å². The first-order chi connectivity index (χ1) is 19.5. The molecule has 0 amide bonds. The van der Waals surface area contributed by atoms with Crippen molar-refractivity contribution in [2.45, 2.75) is 6.92 Å². The molecule has 0 aliphatic rings. The van der Waals surface area contributed by atoms with E-state index in [0.29, 0.717) is 22.1 Å². The van der Waals surface area contributed by atoms with E-state index in [4.69, 9.17) is 4.42 Å². The Labute approximate surface area is 229 Å². The van der Waals surface area contributed by atoms with Crippen LogP contribution in [0.15, 0.2) is 114 Å². The Morgan fingerprint density at radius 2 is 1.45 bits per heavy atom. The molecule has 0 aliphatic carbocycles. The van der Waals surface area contributed by atoms with Crippen molar-refractivity contribution in [3.05, 3.63) is 127 Å². The summed E-state index contributed by atoms with van der Waals surface area (Å²) in [6.45, 7) is 1.86. The average Bonchev–Trinajstić information content (AvgIpc) is 3.54. The molecule has 3 heterocycles. The minimum atomic E-state index is -0.677. The molecule has 7 rings (SSSR count). The molecule has 3 aromatic heterocycles. The molecule has 0 saturated carbocycles. The first-order valence-corrected chi connectivity index (χ1v) is 13.0. The number of pyridine rings is 1. The first kappa shape index (κ1) is 24.0. The Hall–Kier alpha value is -5.10. The van der Waals surface area contributed by atoms with E-state index in [0.717, 1.165) is 33.8 Å². The van der Waals surface area contributed by atoms with Crippen molar-refractivity contribution in [3.63, 3.8) is 0 Å². The van der Waals surface area contributed by atoms with Crippen LogP contribution >= 0.6 is 0 Å². The minimum Gasteiger partial charge on any atom is -0.437 e. The summed E-state index contributed by atoms with van der Waals surface area (Å²) in [5, 5.41) is 0.723. The minimum absolute atomic E-state index is 0.0659. The summed E-state index contributed by atoms with van der Waals surface area (Å²) in [6, 6.07) is 31.0. The number of hydrogen-bond donors (Lipinski definition) is 0. The van der Waals surface area contributed by atoms with Gasteiger partial charge in [0, 0.05) is 11.1 Å². The van der Waals surface area contributed by atoms with E-state index in [1.54, 1.807) is 0 Å². The molecule has 0 bridgehead atoms. The zero-order valence-corrected chi connectivity index (χ0v) is 21.9. The first-order valence-electron chi connectivity index (χ1n) is 13.0. The van der Waals surface area contributed by atoms with E-state index >= 15 is 4.39 Å². The zero-order chi connectivity index (χ0) is 27.4. The second-order valence-electron chi connectivity index (χ2n) is 9.88. The number of para-hydroxylation sites is 1. The highest BCUT2D eigenvalue weighted by Gasteiger charge is 2.30. The molecule has 0 N–H and O–H groups in total. The van der Waals surface area contributed by atoms with Gasteiger partial charge in [-0.3, -0.25) is 0 Å². The van der Waals surface area contributed by atoms with E-state index in [2.05, 4.69) is 52.0 Å². The topological polar surface area (TPSA) is 34.8 Å². The summed E-state index contributed by atoms with van der Waals surface area (Å²) in [7, 11) is 1.95. The quantitative estimate of drug-likeness (QED) is 0.171. The molecule has 0 atom stereocenters. The van der Waals surface area contributed by atoms with Gasteiger partial charge in [0.25, 0.3) is 5.82 Å². The van der Waals surface area contributed by atoms with E-state index in [1.165, 1.54) is 18.2 Å². The summed E-state index contributed by atoms with van der Waals surface area (Å²) in [5.74, 6) is -0.315. The van der Waals surface area contributed by atoms with Gasteiger partial charge in [-0.2, -0.15) is 13.9 Å². The van der Waals surface area contributed by atoms with Crippen LogP contribution in [0, 0.1) is 18.7 Å². The summed E-state index contributed by atoms with van der Waals surface area (Å²) in [6.07, 6.45) is 3.99. The number of rotatable bonds is 4. The molecule has 0 spiro atoms. The van der Waals surface area contributed by atoms with Crippen LogP contribution in [-0.4, -0.2) is 9.55 Å². The van der Waals surface area contributed by atoms with E-state index < -0.39 is 11.8 Å². The van der Waals surface area contributed by atoms with Crippen molar-refractivity contribution in [2.24, 2.45) is 7.05 Å². The number of fused-ring (bicyclic) bond motifs is 3. The van der Waals surface area contributed by atoms with Crippen LogP contribution in [0.25, 0.3) is 61.4 Å². The monoisotopic (exact) mass is 528 g/mol.